The van der Waals surface area contributed by atoms with Gasteiger partial charge in [-0.3, -0.25) is 4.90 Å². The molecule has 2 aromatic heterocycles. The van der Waals surface area contributed by atoms with Crippen LogP contribution in [0.4, 0.5) is 0 Å². The van der Waals surface area contributed by atoms with Gasteiger partial charge >= 0.3 is 0 Å². The van der Waals surface area contributed by atoms with Crippen molar-refractivity contribution in [3.63, 3.8) is 0 Å². The van der Waals surface area contributed by atoms with E-state index in [-0.39, 0.29) is 12.4 Å². The Morgan fingerprint density at radius 2 is 2.40 bits per heavy atom. The third kappa shape index (κ3) is 3.23. The Balaban J connectivity index is 0.00000147. The average Bonchev–Trinajstić information content (AvgIpc) is 3.12. The van der Waals surface area contributed by atoms with E-state index in [9.17, 15) is 0 Å². The molecule has 0 radical (unpaired) electrons. The predicted octanol–water partition coefficient (Wildman–Crippen LogP) is 2.93. The van der Waals surface area contributed by atoms with Crippen LogP contribution in [0.5, 0.6) is 0 Å². The third-order valence-electron chi connectivity index (χ3n) is 3.68. The number of thiophene rings is 1. The molecular weight excluding hydrogens is 294 g/mol. The van der Waals surface area contributed by atoms with Gasteiger partial charge in [-0.05, 0) is 31.8 Å². The molecule has 0 bridgehead atoms. The zero-order valence-electron chi connectivity index (χ0n) is 11.8. The molecule has 0 saturated carbocycles. The van der Waals surface area contributed by atoms with E-state index >= 15 is 0 Å². The Kier molecular flexibility index (Phi) is 5.21. The molecular formula is C14H20ClN3OS. The Hall–Kier alpha value is -0.880. The highest BCUT2D eigenvalue weighted by molar-refractivity contribution is 7.13. The molecule has 6 heteroatoms. The lowest BCUT2D eigenvalue weighted by molar-refractivity contribution is 0.317. The Morgan fingerprint density at radius 1 is 1.55 bits per heavy atom. The topological polar surface area (TPSA) is 41.3 Å². The standard InChI is InChI=1S/C14H19N3OS.ClH/c1-10-12(9-17-6-5-11(8-17)15-2)16-14(18-10)13-4-3-7-19-13;/h3-4,7,11,15H,5-6,8-9H2,1-2H3;1H. The summed E-state index contributed by atoms with van der Waals surface area (Å²) in [5.41, 5.74) is 1.07. The second-order valence-electron chi connectivity index (χ2n) is 5.01. The first kappa shape index (κ1) is 15.5. The minimum Gasteiger partial charge on any atom is -0.440 e. The van der Waals surface area contributed by atoms with Crippen molar-refractivity contribution in [3.05, 3.63) is 29.0 Å². The highest BCUT2D eigenvalue weighted by Gasteiger charge is 2.23. The van der Waals surface area contributed by atoms with Crippen LogP contribution >= 0.6 is 23.7 Å². The minimum atomic E-state index is 0. The van der Waals surface area contributed by atoms with Gasteiger partial charge in [-0.2, -0.15) is 0 Å². The van der Waals surface area contributed by atoms with Crippen LogP contribution in [0, 0.1) is 6.92 Å². The lowest BCUT2D eigenvalue weighted by atomic mass is 10.3. The van der Waals surface area contributed by atoms with Gasteiger partial charge in [0.15, 0.2) is 0 Å². The molecule has 4 nitrogen and oxygen atoms in total. The largest absolute Gasteiger partial charge is 0.440 e. The van der Waals surface area contributed by atoms with E-state index in [0.29, 0.717) is 6.04 Å². The second-order valence-corrected chi connectivity index (χ2v) is 5.96. The SMILES string of the molecule is CNC1CCN(Cc2nc(-c3cccs3)oc2C)C1.Cl. The lowest BCUT2D eigenvalue weighted by Crippen LogP contribution is -2.29. The predicted molar refractivity (Wildman–Crippen MR) is 84.5 cm³/mol. The molecule has 20 heavy (non-hydrogen) atoms. The van der Waals surface area contributed by atoms with Crippen molar-refractivity contribution in [2.75, 3.05) is 20.1 Å². The first-order chi connectivity index (χ1) is 9.26. The highest BCUT2D eigenvalue weighted by atomic mass is 35.5. The summed E-state index contributed by atoms with van der Waals surface area (Å²) < 4.78 is 5.78. The van der Waals surface area contributed by atoms with Crippen molar-refractivity contribution in [1.29, 1.82) is 0 Å². The summed E-state index contributed by atoms with van der Waals surface area (Å²) in [4.78, 5) is 8.18. The molecule has 0 amide bonds. The third-order valence-corrected chi connectivity index (χ3v) is 4.54. The molecule has 1 fully saturated rings. The maximum Gasteiger partial charge on any atom is 0.236 e. The zero-order chi connectivity index (χ0) is 13.2. The number of aromatic nitrogens is 1. The molecule has 3 rings (SSSR count). The van der Waals surface area contributed by atoms with Crippen LogP contribution in [0.15, 0.2) is 21.9 Å². The van der Waals surface area contributed by atoms with E-state index in [1.54, 1.807) is 11.3 Å². The van der Waals surface area contributed by atoms with E-state index < -0.39 is 0 Å². The number of aryl methyl sites for hydroxylation is 1. The second kappa shape index (κ2) is 6.72. The number of rotatable bonds is 4. The summed E-state index contributed by atoms with van der Waals surface area (Å²) in [6, 6.07) is 4.69. The lowest BCUT2D eigenvalue weighted by Gasteiger charge is -2.14. The van der Waals surface area contributed by atoms with E-state index in [4.69, 9.17) is 4.42 Å². The van der Waals surface area contributed by atoms with Gasteiger partial charge in [-0.1, -0.05) is 6.07 Å². The first-order valence-corrected chi connectivity index (χ1v) is 7.54. The summed E-state index contributed by atoms with van der Waals surface area (Å²) in [6.45, 7) is 5.12. The molecule has 1 N–H and O–H groups in total. The van der Waals surface area contributed by atoms with Gasteiger partial charge in [-0.25, -0.2) is 4.98 Å². The van der Waals surface area contributed by atoms with E-state index in [0.717, 1.165) is 41.9 Å². The van der Waals surface area contributed by atoms with Crippen LogP contribution in [-0.4, -0.2) is 36.1 Å². The molecule has 0 aliphatic carbocycles. The van der Waals surface area contributed by atoms with Crippen molar-refractivity contribution in [2.45, 2.75) is 25.9 Å². The fourth-order valence-electron chi connectivity index (χ4n) is 2.50. The molecule has 1 saturated heterocycles. The Labute approximate surface area is 129 Å². The van der Waals surface area contributed by atoms with E-state index in [1.165, 1.54) is 6.42 Å². The number of likely N-dealkylation sites (N-methyl/N-ethyl adjacent to an activating group) is 1. The smallest absolute Gasteiger partial charge is 0.236 e. The molecule has 0 spiro atoms. The summed E-state index contributed by atoms with van der Waals surface area (Å²) in [6.07, 6.45) is 1.21. The fraction of sp³-hybridized carbons (Fsp3) is 0.500. The first-order valence-electron chi connectivity index (χ1n) is 6.66. The molecule has 1 aliphatic rings. The molecule has 2 aromatic rings. The van der Waals surface area contributed by atoms with Crippen molar-refractivity contribution in [3.8, 4) is 10.8 Å². The fourth-order valence-corrected chi connectivity index (χ4v) is 3.15. The molecule has 0 aromatic carbocycles. The van der Waals surface area contributed by atoms with Gasteiger partial charge in [0.05, 0.1) is 10.6 Å². The number of likely N-dealkylation sites (tertiary alicyclic amines) is 1. The van der Waals surface area contributed by atoms with E-state index in [1.807, 2.05) is 31.5 Å². The van der Waals surface area contributed by atoms with Crippen LogP contribution in [0.3, 0.4) is 0 Å². The summed E-state index contributed by atoms with van der Waals surface area (Å²) in [5, 5.41) is 5.39. The number of nitrogens with zero attached hydrogens (tertiary/aromatic N) is 2. The number of nitrogens with one attached hydrogen (secondary N) is 1. The monoisotopic (exact) mass is 313 g/mol. The average molecular weight is 314 g/mol. The van der Waals surface area contributed by atoms with Crippen molar-refractivity contribution in [1.82, 2.24) is 15.2 Å². The molecule has 1 atom stereocenters. The molecule has 1 aliphatic heterocycles. The van der Waals surface area contributed by atoms with Crippen LogP contribution in [0.2, 0.25) is 0 Å². The van der Waals surface area contributed by atoms with Gasteiger partial charge in [0.1, 0.15) is 5.76 Å². The number of halogens is 1. The molecule has 110 valence electrons. The molecule has 1 unspecified atom stereocenters. The van der Waals surface area contributed by atoms with Gasteiger partial charge in [0.25, 0.3) is 0 Å². The Morgan fingerprint density at radius 3 is 3.05 bits per heavy atom. The highest BCUT2D eigenvalue weighted by Crippen LogP contribution is 2.26. The van der Waals surface area contributed by atoms with E-state index in [2.05, 4.69) is 15.2 Å². The van der Waals surface area contributed by atoms with Gasteiger partial charge in [0, 0.05) is 25.7 Å². The van der Waals surface area contributed by atoms with Crippen LogP contribution in [0.25, 0.3) is 10.8 Å². The van der Waals surface area contributed by atoms with Crippen molar-refractivity contribution >= 4 is 23.7 Å². The summed E-state index contributed by atoms with van der Waals surface area (Å²) >= 11 is 1.66. The maximum atomic E-state index is 5.78. The number of hydrogen-bond acceptors (Lipinski definition) is 5. The van der Waals surface area contributed by atoms with Gasteiger partial charge in [0.2, 0.25) is 5.89 Å². The number of hydrogen-bond donors (Lipinski definition) is 1. The number of oxazole rings is 1. The van der Waals surface area contributed by atoms with Crippen LogP contribution in [-0.2, 0) is 6.54 Å². The quantitative estimate of drug-likeness (QED) is 0.942. The van der Waals surface area contributed by atoms with Crippen molar-refractivity contribution < 1.29 is 4.42 Å². The summed E-state index contributed by atoms with van der Waals surface area (Å²) in [5.74, 6) is 1.70. The van der Waals surface area contributed by atoms with Crippen molar-refractivity contribution in [2.24, 2.45) is 0 Å². The summed E-state index contributed by atoms with van der Waals surface area (Å²) in [7, 11) is 2.03. The zero-order valence-corrected chi connectivity index (χ0v) is 13.4. The van der Waals surface area contributed by atoms with Gasteiger partial charge in [-0.15, -0.1) is 23.7 Å². The van der Waals surface area contributed by atoms with Gasteiger partial charge < -0.3 is 9.73 Å². The maximum absolute atomic E-state index is 5.78. The normalized spacial score (nSPS) is 19.2. The van der Waals surface area contributed by atoms with Crippen LogP contribution < -0.4 is 5.32 Å². The molecule has 3 heterocycles. The van der Waals surface area contributed by atoms with Crippen LogP contribution in [0.1, 0.15) is 17.9 Å². The minimum absolute atomic E-state index is 0. The Bertz CT molecular complexity index is 541.